The quantitative estimate of drug-likeness (QED) is 0.317. The van der Waals surface area contributed by atoms with Gasteiger partial charge in [-0.15, -0.1) is 24.0 Å². The molecule has 1 aliphatic carbocycles. The van der Waals surface area contributed by atoms with Gasteiger partial charge in [-0.25, -0.2) is 9.98 Å². The van der Waals surface area contributed by atoms with E-state index in [0.717, 1.165) is 18.1 Å². The molecule has 0 radical (unpaired) electrons. The molecule has 1 fully saturated rings. The molecule has 1 saturated carbocycles. The van der Waals surface area contributed by atoms with Crippen molar-refractivity contribution in [3.8, 4) is 23.1 Å². The first-order valence-electron chi connectivity index (χ1n) is 9.53. The van der Waals surface area contributed by atoms with Gasteiger partial charge in [0, 0.05) is 24.8 Å². The van der Waals surface area contributed by atoms with Crippen LogP contribution in [0.4, 0.5) is 0 Å². The van der Waals surface area contributed by atoms with Gasteiger partial charge < -0.3 is 24.8 Å². The molecule has 2 N–H and O–H groups in total. The fraction of sp³-hybridized carbons (Fsp3) is 0.429. The van der Waals surface area contributed by atoms with E-state index >= 15 is 0 Å². The Hall–Kier alpha value is -2.23. The molecule has 7 nitrogen and oxygen atoms in total. The second-order valence-corrected chi connectivity index (χ2v) is 6.76. The van der Waals surface area contributed by atoms with Crippen LogP contribution in [0.2, 0.25) is 0 Å². The van der Waals surface area contributed by atoms with Crippen LogP contribution in [0.15, 0.2) is 41.5 Å². The van der Waals surface area contributed by atoms with Gasteiger partial charge in [-0.1, -0.05) is 19.1 Å². The summed E-state index contributed by atoms with van der Waals surface area (Å²) >= 11 is 0. The summed E-state index contributed by atoms with van der Waals surface area (Å²) in [7, 11) is 3.18. The van der Waals surface area contributed by atoms with Crippen molar-refractivity contribution < 1.29 is 14.2 Å². The standard InChI is InChI=1S/C21H28N4O3.HI/c1-5-22-21(25-16-11-14(16)2)24-13-15-9-10-19(23-12-15)28-20-17(26-3)7-6-8-18(20)27-4;/h6-10,12,14,16H,5,11,13H2,1-4H3,(H2,22,24,25);1H. The zero-order valence-electron chi connectivity index (χ0n) is 17.3. The first-order chi connectivity index (χ1) is 13.6. The summed E-state index contributed by atoms with van der Waals surface area (Å²) in [6.07, 6.45) is 2.97. The van der Waals surface area contributed by atoms with Crippen molar-refractivity contribution in [2.45, 2.75) is 32.9 Å². The van der Waals surface area contributed by atoms with E-state index in [0.29, 0.717) is 41.6 Å². The number of halogens is 1. The van der Waals surface area contributed by atoms with Crippen molar-refractivity contribution in [1.82, 2.24) is 15.6 Å². The van der Waals surface area contributed by atoms with E-state index in [1.807, 2.05) is 30.3 Å². The van der Waals surface area contributed by atoms with Crippen molar-refractivity contribution in [3.05, 3.63) is 42.1 Å². The third-order valence-electron chi connectivity index (χ3n) is 4.58. The Bertz CT molecular complexity index is 792. The summed E-state index contributed by atoms with van der Waals surface area (Å²) in [6, 6.07) is 9.78. The smallest absolute Gasteiger partial charge is 0.219 e. The minimum Gasteiger partial charge on any atom is -0.493 e. The maximum absolute atomic E-state index is 5.89. The summed E-state index contributed by atoms with van der Waals surface area (Å²) in [5.41, 5.74) is 1.00. The number of benzene rings is 1. The molecule has 2 aromatic rings. The van der Waals surface area contributed by atoms with Crippen molar-refractivity contribution in [2.75, 3.05) is 20.8 Å². The number of ether oxygens (including phenoxy) is 3. The van der Waals surface area contributed by atoms with Crippen LogP contribution in [-0.4, -0.2) is 37.7 Å². The molecule has 1 aliphatic rings. The number of guanidine groups is 1. The molecule has 1 heterocycles. The van der Waals surface area contributed by atoms with E-state index in [9.17, 15) is 0 Å². The zero-order valence-corrected chi connectivity index (χ0v) is 19.6. The van der Waals surface area contributed by atoms with Gasteiger partial charge in [0.25, 0.3) is 0 Å². The van der Waals surface area contributed by atoms with Crippen molar-refractivity contribution in [3.63, 3.8) is 0 Å². The highest BCUT2D eigenvalue weighted by molar-refractivity contribution is 14.0. The minimum absolute atomic E-state index is 0. The molecular formula is C21H29IN4O3. The van der Waals surface area contributed by atoms with E-state index in [4.69, 9.17) is 14.2 Å². The highest BCUT2D eigenvalue weighted by atomic mass is 127. The average molecular weight is 512 g/mol. The molecule has 0 spiro atoms. The summed E-state index contributed by atoms with van der Waals surface area (Å²) in [5, 5.41) is 6.73. The average Bonchev–Trinajstić information content (AvgIpc) is 3.41. The largest absolute Gasteiger partial charge is 0.493 e. The van der Waals surface area contributed by atoms with Crippen LogP contribution < -0.4 is 24.8 Å². The van der Waals surface area contributed by atoms with Crippen LogP contribution in [-0.2, 0) is 6.54 Å². The Morgan fingerprint density at radius 3 is 2.38 bits per heavy atom. The monoisotopic (exact) mass is 512 g/mol. The Balaban J connectivity index is 0.00000300. The van der Waals surface area contributed by atoms with Gasteiger partial charge in [-0.2, -0.15) is 0 Å². The molecule has 0 aliphatic heterocycles. The van der Waals surface area contributed by atoms with Gasteiger partial charge in [0.1, 0.15) is 0 Å². The van der Waals surface area contributed by atoms with Crippen LogP contribution in [0.3, 0.4) is 0 Å². The number of methoxy groups -OCH3 is 2. The topological polar surface area (TPSA) is 77.0 Å². The van der Waals surface area contributed by atoms with Crippen LogP contribution in [0.1, 0.15) is 25.8 Å². The molecule has 3 rings (SSSR count). The van der Waals surface area contributed by atoms with Crippen molar-refractivity contribution >= 4 is 29.9 Å². The maximum atomic E-state index is 5.89. The lowest BCUT2D eigenvalue weighted by atomic mass is 10.3. The fourth-order valence-electron chi connectivity index (χ4n) is 2.78. The molecule has 29 heavy (non-hydrogen) atoms. The first kappa shape index (κ1) is 23.1. The van der Waals surface area contributed by atoms with Crippen LogP contribution in [0, 0.1) is 5.92 Å². The van der Waals surface area contributed by atoms with Gasteiger partial charge in [0.15, 0.2) is 17.5 Å². The normalized spacial score (nSPS) is 17.7. The molecule has 0 bridgehead atoms. The highest BCUT2D eigenvalue weighted by Crippen LogP contribution is 2.39. The summed E-state index contributed by atoms with van der Waals surface area (Å²) in [4.78, 5) is 9.03. The van der Waals surface area contributed by atoms with E-state index in [1.54, 1.807) is 20.4 Å². The van der Waals surface area contributed by atoms with Gasteiger partial charge in [-0.3, -0.25) is 0 Å². The molecule has 2 unspecified atom stereocenters. The molecule has 1 aromatic heterocycles. The van der Waals surface area contributed by atoms with E-state index in [-0.39, 0.29) is 24.0 Å². The summed E-state index contributed by atoms with van der Waals surface area (Å²) < 4.78 is 16.6. The van der Waals surface area contributed by atoms with Crippen LogP contribution >= 0.6 is 24.0 Å². The van der Waals surface area contributed by atoms with E-state index in [2.05, 4.69) is 34.5 Å². The molecular weight excluding hydrogens is 483 g/mol. The third kappa shape index (κ3) is 6.38. The number of rotatable bonds is 8. The van der Waals surface area contributed by atoms with Crippen molar-refractivity contribution in [1.29, 1.82) is 0 Å². The maximum Gasteiger partial charge on any atom is 0.219 e. The fourth-order valence-corrected chi connectivity index (χ4v) is 2.78. The summed E-state index contributed by atoms with van der Waals surface area (Å²) in [5.74, 6) is 3.70. The predicted octanol–water partition coefficient (Wildman–Crippen LogP) is 3.97. The molecule has 1 aromatic carbocycles. The Morgan fingerprint density at radius 1 is 1.17 bits per heavy atom. The Morgan fingerprint density at radius 2 is 1.86 bits per heavy atom. The van der Waals surface area contributed by atoms with Gasteiger partial charge >= 0.3 is 0 Å². The SMILES string of the molecule is CCNC(=NCc1ccc(Oc2c(OC)cccc2OC)nc1)NC1CC1C.I. The van der Waals surface area contributed by atoms with Gasteiger partial charge in [-0.05, 0) is 37.0 Å². The third-order valence-corrected chi connectivity index (χ3v) is 4.58. The number of hydrogen-bond acceptors (Lipinski definition) is 5. The number of hydrogen-bond donors (Lipinski definition) is 2. The Labute approximate surface area is 189 Å². The van der Waals surface area contributed by atoms with E-state index < -0.39 is 0 Å². The molecule has 0 amide bonds. The van der Waals surface area contributed by atoms with Crippen LogP contribution in [0.25, 0.3) is 0 Å². The first-order valence-corrected chi connectivity index (χ1v) is 9.53. The lowest BCUT2D eigenvalue weighted by Gasteiger charge is -2.13. The lowest BCUT2D eigenvalue weighted by molar-refractivity contribution is 0.342. The number of aromatic nitrogens is 1. The lowest BCUT2D eigenvalue weighted by Crippen LogP contribution is -2.39. The van der Waals surface area contributed by atoms with Crippen molar-refractivity contribution in [2.24, 2.45) is 10.9 Å². The number of nitrogens with zero attached hydrogens (tertiary/aromatic N) is 2. The van der Waals surface area contributed by atoms with Gasteiger partial charge in [0.05, 0.1) is 20.8 Å². The Kier molecular flexibility index (Phi) is 8.81. The number of para-hydroxylation sites is 1. The highest BCUT2D eigenvalue weighted by Gasteiger charge is 2.33. The number of pyridine rings is 1. The minimum atomic E-state index is 0. The second kappa shape index (κ2) is 11.1. The van der Waals surface area contributed by atoms with Gasteiger partial charge in [0.2, 0.25) is 11.6 Å². The predicted molar refractivity (Wildman–Crippen MR) is 125 cm³/mol. The summed E-state index contributed by atoms with van der Waals surface area (Å²) in [6.45, 7) is 5.67. The number of nitrogens with one attached hydrogen (secondary N) is 2. The molecule has 158 valence electrons. The van der Waals surface area contributed by atoms with E-state index in [1.165, 1.54) is 6.42 Å². The number of aliphatic imine (C=N–C) groups is 1. The molecule has 8 heteroatoms. The second-order valence-electron chi connectivity index (χ2n) is 6.76. The molecule has 0 saturated heterocycles. The molecule has 2 atom stereocenters. The zero-order chi connectivity index (χ0) is 19.9. The van der Waals surface area contributed by atoms with Crippen LogP contribution in [0.5, 0.6) is 23.1 Å².